The van der Waals surface area contributed by atoms with Crippen molar-refractivity contribution in [2.75, 3.05) is 25.2 Å². The highest BCUT2D eigenvalue weighted by Crippen LogP contribution is 2.14. The Morgan fingerprint density at radius 3 is 2.55 bits per heavy atom. The van der Waals surface area contributed by atoms with Gasteiger partial charge in [-0.15, -0.1) is 11.8 Å². The summed E-state index contributed by atoms with van der Waals surface area (Å²) in [7, 11) is 2.04. The van der Waals surface area contributed by atoms with Crippen molar-refractivity contribution in [1.82, 2.24) is 0 Å². The quantitative estimate of drug-likeness (QED) is 0.803. The number of quaternary nitrogens is 1. The molecule has 2 rings (SSSR count). The second-order valence-corrected chi connectivity index (χ2v) is 6.46. The third-order valence-electron chi connectivity index (χ3n) is 3.43. The fraction of sp³-hybridized carbons (Fsp3) is 0.278. The van der Waals surface area contributed by atoms with Crippen LogP contribution in [0.5, 0.6) is 0 Å². The molecule has 1 unspecified atom stereocenters. The lowest BCUT2D eigenvalue weighted by atomic mass is 10.2. The van der Waals surface area contributed by atoms with E-state index in [0.29, 0.717) is 6.54 Å². The smallest absolute Gasteiger partial charge is 0.279 e. The van der Waals surface area contributed by atoms with E-state index in [1.54, 1.807) is 11.8 Å². The summed E-state index contributed by atoms with van der Waals surface area (Å²) in [5.41, 5.74) is 3.26. The molecule has 0 aliphatic rings. The van der Waals surface area contributed by atoms with Crippen LogP contribution >= 0.6 is 11.8 Å². The Bertz CT molecular complexity index is 625. The van der Waals surface area contributed by atoms with Crippen LogP contribution in [0.15, 0.2) is 53.4 Å². The summed E-state index contributed by atoms with van der Waals surface area (Å²) in [5.74, 6) is 0.0452. The summed E-state index contributed by atoms with van der Waals surface area (Å²) in [6, 6.07) is 16.4. The van der Waals surface area contributed by atoms with Gasteiger partial charge in [-0.3, -0.25) is 4.79 Å². The summed E-state index contributed by atoms with van der Waals surface area (Å²) < 4.78 is 0. The number of rotatable bonds is 6. The summed E-state index contributed by atoms with van der Waals surface area (Å²) >= 11 is 1.74. The minimum Gasteiger partial charge on any atom is -0.326 e. The van der Waals surface area contributed by atoms with Crippen LogP contribution in [0.4, 0.5) is 5.69 Å². The van der Waals surface area contributed by atoms with E-state index in [1.807, 2.05) is 38.2 Å². The number of amides is 1. The third kappa shape index (κ3) is 5.20. The molecular weight excluding hydrogens is 292 g/mol. The molecule has 2 aromatic rings. The lowest BCUT2D eigenvalue weighted by Gasteiger charge is -2.14. The number of thioether (sulfide) groups is 1. The van der Waals surface area contributed by atoms with Gasteiger partial charge in [-0.1, -0.05) is 24.3 Å². The third-order valence-corrected chi connectivity index (χ3v) is 4.17. The molecule has 0 aromatic heterocycles. The average molecular weight is 315 g/mol. The molecule has 116 valence electrons. The Hall–Kier alpha value is -1.78. The molecule has 1 atom stereocenters. The number of anilines is 1. The minimum absolute atomic E-state index is 0.0452. The minimum atomic E-state index is 0.0452. The Morgan fingerprint density at radius 2 is 1.91 bits per heavy atom. The van der Waals surface area contributed by atoms with Gasteiger partial charge in [-0.05, 0) is 43.0 Å². The van der Waals surface area contributed by atoms with Gasteiger partial charge in [0.05, 0.1) is 7.05 Å². The van der Waals surface area contributed by atoms with Gasteiger partial charge < -0.3 is 10.2 Å². The summed E-state index contributed by atoms with van der Waals surface area (Å²) in [5, 5.41) is 2.95. The van der Waals surface area contributed by atoms with Gasteiger partial charge in [0.2, 0.25) is 0 Å². The molecule has 0 aliphatic heterocycles. The number of aryl methyl sites for hydroxylation is 1. The van der Waals surface area contributed by atoms with Crippen molar-refractivity contribution in [3.63, 3.8) is 0 Å². The normalized spacial score (nSPS) is 12.0. The summed E-state index contributed by atoms with van der Waals surface area (Å²) in [4.78, 5) is 14.5. The van der Waals surface area contributed by atoms with Crippen molar-refractivity contribution in [2.24, 2.45) is 0 Å². The van der Waals surface area contributed by atoms with Crippen molar-refractivity contribution in [3.05, 3.63) is 59.7 Å². The van der Waals surface area contributed by atoms with Crippen molar-refractivity contribution < 1.29 is 9.69 Å². The molecule has 0 fully saturated rings. The Kier molecular flexibility index (Phi) is 6.04. The largest absolute Gasteiger partial charge is 0.326 e. The maximum atomic E-state index is 12.1. The number of carbonyl (C=O) groups is 1. The van der Waals surface area contributed by atoms with Crippen LogP contribution in [-0.4, -0.2) is 25.8 Å². The van der Waals surface area contributed by atoms with Crippen LogP contribution in [0, 0.1) is 6.92 Å². The second kappa shape index (κ2) is 8.01. The molecule has 0 saturated heterocycles. The first-order chi connectivity index (χ1) is 10.6. The zero-order chi connectivity index (χ0) is 15.9. The van der Waals surface area contributed by atoms with Crippen molar-refractivity contribution in [3.8, 4) is 0 Å². The molecule has 3 nitrogen and oxygen atoms in total. The van der Waals surface area contributed by atoms with Crippen LogP contribution in [0.3, 0.4) is 0 Å². The van der Waals surface area contributed by atoms with Gasteiger partial charge in [0.15, 0.2) is 6.54 Å². The zero-order valence-electron chi connectivity index (χ0n) is 13.3. The maximum absolute atomic E-state index is 12.1. The van der Waals surface area contributed by atoms with Crippen molar-refractivity contribution in [2.45, 2.75) is 18.4 Å². The van der Waals surface area contributed by atoms with Crippen LogP contribution < -0.4 is 10.2 Å². The van der Waals surface area contributed by atoms with Crippen LogP contribution in [0.1, 0.15) is 11.1 Å². The molecule has 0 radical (unpaired) electrons. The van der Waals surface area contributed by atoms with E-state index in [2.05, 4.69) is 35.8 Å². The van der Waals surface area contributed by atoms with E-state index < -0.39 is 0 Å². The van der Waals surface area contributed by atoms with Gasteiger partial charge in [-0.2, -0.15) is 0 Å². The SMILES string of the molecule is CSc1ccc(C[NH+](C)CC(=O)Nc2cccc(C)c2)cc1. The van der Waals surface area contributed by atoms with E-state index >= 15 is 0 Å². The standard InChI is InChI=1S/C18H22N2OS/c1-14-5-4-6-16(11-14)19-18(21)13-20(2)12-15-7-9-17(22-3)10-8-15/h4-11H,12-13H2,1-3H3,(H,19,21)/p+1. The topological polar surface area (TPSA) is 33.5 Å². The van der Waals surface area contributed by atoms with Crippen LogP contribution in [0.2, 0.25) is 0 Å². The van der Waals surface area contributed by atoms with Crippen molar-refractivity contribution in [1.29, 1.82) is 0 Å². The van der Waals surface area contributed by atoms with E-state index in [4.69, 9.17) is 0 Å². The molecule has 0 heterocycles. The molecule has 0 spiro atoms. The van der Waals surface area contributed by atoms with E-state index in [9.17, 15) is 4.79 Å². The Morgan fingerprint density at radius 1 is 1.18 bits per heavy atom. The Labute approximate surface area is 136 Å². The molecule has 2 aromatic carbocycles. The predicted molar refractivity (Wildman–Crippen MR) is 93.5 cm³/mol. The second-order valence-electron chi connectivity index (χ2n) is 5.58. The number of nitrogens with one attached hydrogen (secondary N) is 2. The highest BCUT2D eigenvalue weighted by Gasteiger charge is 2.11. The van der Waals surface area contributed by atoms with Crippen molar-refractivity contribution >= 4 is 23.4 Å². The van der Waals surface area contributed by atoms with E-state index in [1.165, 1.54) is 15.4 Å². The first kappa shape index (κ1) is 16.6. The number of hydrogen-bond acceptors (Lipinski definition) is 2. The molecular formula is C18H23N2OS+. The summed E-state index contributed by atoms with van der Waals surface area (Å²) in [6.45, 7) is 3.32. The maximum Gasteiger partial charge on any atom is 0.279 e. The molecule has 2 N–H and O–H groups in total. The lowest BCUT2D eigenvalue weighted by Crippen LogP contribution is -3.08. The molecule has 1 amide bonds. The highest BCUT2D eigenvalue weighted by molar-refractivity contribution is 7.98. The Balaban J connectivity index is 1.85. The molecule has 0 aliphatic carbocycles. The fourth-order valence-corrected chi connectivity index (χ4v) is 2.76. The zero-order valence-corrected chi connectivity index (χ0v) is 14.2. The average Bonchev–Trinajstić information content (AvgIpc) is 2.47. The van der Waals surface area contributed by atoms with Gasteiger partial charge in [-0.25, -0.2) is 0 Å². The molecule has 0 saturated carbocycles. The van der Waals surface area contributed by atoms with Gasteiger partial charge in [0, 0.05) is 16.1 Å². The van der Waals surface area contributed by atoms with E-state index in [0.717, 1.165) is 17.8 Å². The molecule has 0 bridgehead atoms. The number of benzene rings is 2. The lowest BCUT2D eigenvalue weighted by molar-refractivity contribution is -0.885. The number of carbonyl (C=O) groups excluding carboxylic acids is 1. The fourth-order valence-electron chi connectivity index (χ4n) is 2.36. The van der Waals surface area contributed by atoms with Crippen LogP contribution in [-0.2, 0) is 11.3 Å². The molecule has 4 heteroatoms. The van der Waals surface area contributed by atoms with Gasteiger partial charge >= 0.3 is 0 Å². The van der Waals surface area contributed by atoms with Crippen LogP contribution in [0.25, 0.3) is 0 Å². The first-order valence-corrected chi connectivity index (χ1v) is 8.60. The number of hydrogen-bond donors (Lipinski definition) is 2. The summed E-state index contributed by atoms with van der Waals surface area (Å²) in [6.07, 6.45) is 2.07. The molecule has 22 heavy (non-hydrogen) atoms. The van der Waals surface area contributed by atoms with Gasteiger partial charge in [0.1, 0.15) is 6.54 Å². The highest BCUT2D eigenvalue weighted by atomic mass is 32.2. The predicted octanol–water partition coefficient (Wildman–Crippen LogP) is 2.37. The monoisotopic (exact) mass is 315 g/mol. The van der Waals surface area contributed by atoms with E-state index in [-0.39, 0.29) is 5.91 Å². The van der Waals surface area contributed by atoms with Gasteiger partial charge in [0.25, 0.3) is 5.91 Å². The number of likely N-dealkylation sites (N-methyl/N-ethyl adjacent to an activating group) is 1. The first-order valence-electron chi connectivity index (χ1n) is 7.37.